The molecule has 0 aliphatic carbocycles. The molecule has 1 heterocycles. The normalized spacial score (nSPS) is 10.7. The first-order valence-electron chi connectivity index (χ1n) is 5.83. The standard InChI is InChI=1S/C13H15N5OS/c1-19-17-7-9-12(14)15-8-16-13(9)18-10-5-3-4-6-11(10)20-2/h3-8H,1-2H3,(H3,14,15,16,18)/b17-7+. The van der Waals surface area contributed by atoms with Crippen molar-refractivity contribution >= 4 is 35.3 Å². The van der Waals surface area contributed by atoms with Gasteiger partial charge in [0.25, 0.3) is 0 Å². The number of aromatic nitrogens is 2. The van der Waals surface area contributed by atoms with Crippen molar-refractivity contribution in [3.05, 3.63) is 36.2 Å². The molecular weight excluding hydrogens is 274 g/mol. The number of nitrogens with zero attached hydrogens (tertiary/aromatic N) is 3. The second kappa shape index (κ2) is 6.76. The quantitative estimate of drug-likeness (QED) is 0.500. The van der Waals surface area contributed by atoms with Gasteiger partial charge in [-0.2, -0.15) is 0 Å². The fraction of sp³-hybridized carbons (Fsp3) is 0.154. The number of thioether (sulfide) groups is 1. The minimum atomic E-state index is 0.338. The number of rotatable bonds is 5. The van der Waals surface area contributed by atoms with Crippen LogP contribution in [0.2, 0.25) is 0 Å². The molecule has 3 N–H and O–H groups in total. The lowest BCUT2D eigenvalue weighted by atomic mass is 10.2. The van der Waals surface area contributed by atoms with Crippen LogP contribution in [0.4, 0.5) is 17.3 Å². The lowest BCUT2D eigenvalue weighted by molar-refractivity contribution is 0.215. The second-order valence-electron chi connectivity index (χ2n) is 3.76. The van der Waals surface area contributed by atoms with Gasteiger partial charge in [-0.1, -0.05) is 17.3 Å². The van der Waals surface area contributed by atoms with Crippen LogP contribution in [-0.4, -0.2) is 29.5 Å². The maximum atomic E-state index is 5.84. The number of oxime groups is 1. The van der Waals surface area contributed by atoms with Crippen molar-refractivity contribution < 1.29 is 4.84 Å². The molecule has 104 valence electrons. The van der Waals surface area contributed by atoms with Gasteiger partial charge >= 0.3 is 0 Å². The molecule has 0 aliphatic rings. The average molecular weight is 289 g/mol. The van der Waals surface area contributed by atoms with E-state index in [0.29, 0.717) is 17.2 Å². The van der Waals surface area contributed by atoms with Crippen molar-refractivity contribution in [1.82, 2.24) is 9.97 Å². The molecule has 1 aromatic carbocycles. The topological polar surface area (TPSA) is 85.4 Å². The van der Waals surface area contributed by atoms with Gasteiger partial charge in [-0.3, -0.25) is 0 Å². The van der Waals surface area contributed by atoms with Crippen molar-refractivity contribution in [2.75, 3.05) is 24.4 Å². The van der Waals surface area contributed by atoms with E-state index in [0.717, 1.165) is 10.6 Å². The van der Waals surface area contributed by atoms with E-state index in [1.54, 1.807) is 11.8 Å². The van der Waals surface area contributed by atoms with Crippen molar-refractivity contribution in [2.45, 2.75) is 4.90 Å². The molecule has 0 bridgehead atoms. The van der Waals surface area contributed by atoms with Gasteiger partial charge in [-0.15, -0.1) is 11.8 Å². The molecular formula is C13H15N5OS. The van der Waals surface area contributed by atoms with Gasteiger partial charge in [0.15, 0.2) is 0 Å². The molecule has 0 saturated carbocycles. The van der Waals surface area contributed by atoms with E-state index >= 15 is 0 Å². The minimum absolute atomic E-state index is 0.338. The maximum Gasteiger partial charge on any atom is 0.144 e. The first-order chi connectivity index (χ1) is 9.76. The average Bonchev–Trinajstić information content (AvgIpc) is 2.47. The highest BCUT2D eigenvalue weighted by molar-refractivity contribution is 7.98. The molecule has 6 nitrogen and oxygen atoms in total. The van der Waals surface area contributed by atoms with Crippen LogP contribution in [0, 0.1) is 0 Å². The van der Waals surface area contributed by atoms with Crippen LogP contribution in [0.1, 0.15) is 5.56 Å². The molecule has 20 heavy (non-hydrogen) atoms. The van der Waals surface area contributed by atoms with E-state index in [-0.39, 0.29) is 0 Å². The molecule has 0 spiro atoms. The number of benzene rings is 1. The third-order valence-electron chi connectivity index (χ3n) is 2.56. The zero-order valence-electron chi connectivity index (χ0n) is 11.2. The monoisotopic (exact) mass is 289 g/mol. The first kappa shape index (κ1) is 14.1. The number of nitrogens with one attached hydrogen (secondary N) is 1. The fourth-order valence-corrected chi connectivity index (χ4v) is 2.17. The van der Waals surface area contributed by atoms with Crippen LogP contribution in [0.5, 0.6) is 0 Å². The van der Waals surface area contributed by atoms with Gasteiger partial charge in [-0.05, 0) is 18.4 Å². The van der Waals surface area contributed by atoms with Crippen LogP contribution >= 0.6 is 11.8 Å². The SMILES string of the molecule is CO/N=C/c1c(N)ncnc1Nc1ccccc1SC. The van der Waals surface area contributed by atoms with E-state index in [9.17, 15) is 0 Å². The number of nitrogen functional groups attached to an aromatic ring is 1. The molecule has 0 unspecified atom stereocenters. The van der Waals surface area contributed by atoms with E-state index in [1.807, 2.05) is 30.5 Å². The van der Waals surface area contributed by atoms with E-state index in [1.165, 1.54) is 19.7 Å². The second-order valence-corrected chi connectivity index (χ2v) is 4.61. The number of hydrogen-bond donors (Lipinski definition) is 2. The molecule has 0 radical (unpaired) electrons. The Morgan fingerprint density at radius 3 is 2.90 bits per heavy atom. The Balaban J connectivity index is 2.38. The van der Waals surface area contributed by atoms with Crippen LogP contribution in [0.25, 0.3) is 0 Å². The van der Waals surface area contributed by atoms with Gasteiger partial charge in [0.2, 0.25) is 0 Å². The zero-order valence-corrected chi connectivity index (χ0v) is 12.0. The van der Waals surface area contributed by atoms with Gasteiger partial charge in [-0.25, -0.2) is 9.97 Å². The summed E-state index contributed by atoms with van der Waals surface area (Å²) in [6.07, 6.45) is 4.91. The highest BCUT2D eigenvalue weighted by Gasteiger charge is 2.09. The summed E-state index contributed by atoms with van der Waals surface area (Å²) < 4.78 is 0. The molecule has 7 heteroatoms. The summed E-state index contributed by atoms with van der Waals surface area (Å²) in [5.74, 6) is 0.921. The van der Waals surface area contributed by atoms with Gasteiger partial charge in [0, 0.05) is 4.90 Å². The van der Waals surface area contributed by atoms with Crippen molar-refractivity contribution in [3.8, 4) is 0 Å². The Hall–Kier alpha value is -2.28. The number of hydrogen-bond acceptors (Lipinski definition) is 7. The molecule has 0 atom stereocenters. The molecule has 0 fully saturated rings. The Morgan fingerprint density at radius 1 is 1.35 bits per heavy atom. The third-order valence-corrected chi connectivity index (χ3v) is 3.36. The highest BCUT2D eigenvalue weighted by Crippen LogP contribution is 2.28. The van der Waals surface area contributed by atoms with Crippen LogP contribution < -0.4 is 11.1 Å². The fourth-order valence-electron chi connectivity index (χ4n) is 1.62. The molecule has 0 aliphatic heterocycles. The summed E-state index contributed by atoms with van der Waals surface area (Å²) in [5, 5.41) is 6.96. The summed E-state index contributed by atoms with van der Waals surface area (Å²) >= 11 is 1.65. The first-order valence-corrected chi connectivity index (χ1v) is 7.05. The van der Waals surface area contributed by atoms with E-state index < -0.39 is 0 Å². The molecule has 2 aromatic rings. The van der Waals surface area contributed by atoms with Gasteiger partial charge in [0.1, 0.15) is 25.1 Å². The van der Waals surface area contributed by atoms with Crippen LogP contribution in [-0.2, 0) is 4.84 Å². The van der Waals surface area contributed by atoms with Gasteiger partial charge < -0.3 is 15.9 Å². The van der Waals surface area contributed by atoms with E-state index in [4.69, 9.17) is 5.73 Å². The predicted molar refractivity (Wildman–Crippen MR) is 82.6 cm³/mol. The van der Waals surface area contributed by atoms with Crippen molar-refractivity contribution in [1.29, 1.82) is 0 Å². The lowest BCUT2D eigenvalue weighted by Gasteiger charge is -2.12. The van der Waals surface area contributed by atoms with Crippen LogP contribution in [0.15, 0.2) is 40.6 Å². The number of para-hydroxylation sites is 1. The van der Waals surface area contributed by atoms with Gasteiger partial charge in [0.05, 0.1) is 17.5 Å². The molecule has 1 aromatic heterocycles. The Morgan fingerprint density at radius 2 is 2.15 bits per heavy atom. The smallest absolute Gasteiger partial charge is 0.144 e. The zero-order chi connectivity index (χ0) is 14.4. The number of nitrogens with two attached hydrogens (primary N) is 1. The predicted octanol–water partition coefficient (Wildman–Crippen LogP) is 2.50. The summed E-state index contributed by atoms with van der Waals surface area (Å²) in [6, 6.07) is 7.94. The Bertz CT molecular complexity index is 617. The third kappa shape index (κ3) is 3.18. The largest absolute Gasteiger partial charge is 0.399 e. The highest BCUT2D eigenvalue weighted by atomic mass is 32.2. The summed E-state index contributed by atoms with van der Waals surface area (Å²) in [7, 11) is 1.46. The molecule has 2 rings (SSSR count). The Labute approximate surface area is 121 Å². The number of anilines is 3. The lowest BCUT2D eigenvalue weighted by Crippen LogP contribution is -2.05. The molecule has 0 amide bonds. The molecule has 0 saturated heterocycles. The minimum Gasteiger partial charge on any atom is -0.399 e. The summed E-state index contributed by atoms with van der Waals surface area (Å²) in [6.45, 7) is 0. The summed E-state index contributed by atoms with van der Waals surface area (Å²) in [4.78, 5) is 13.9. The maximum absolute atomic E-state index is 5.84. The van der Waals surface area contributed by atoms with Crippen molar-refractivity contribution in [3.63, 3.8) is 0 Å². The summed E-state index contributed by atoms with van der Waals surface area (Å²) in [5.41, 5.74) is 7.38. The van der Waals surface area contributed by atoms with Crippen molar-refractivity contribution in [2.24, 2.45) is 5.16 Å². The van der Waals surface area contributed by atoms with E-state index in [2.05, 4.69) is 25.3 Å². The van der Waals surface area contributed by atoms with Crippen LogP contribution in [0.3, 0.4) is 0 Å². The Kier molecular flexibility index (Phi) is 4.78.